The van der Waals surface area contributed by atoms with Crippen LogP contribution in [0.25, 0.3) is 0 Å². The molecule has 0 heterocycles. The number of hydrogen-bond acceptors (Lipinski definition) is 4. The third-order valence-corrected chi connectivity index (χ3v) is 9.22. The molecule has 3 aromatic carbocycles. The SMILES string of the molecule is CCc1ccc(N(CCCC(=O)N(Cc2ccc(F)cc2)C(Cc2ccccc2)C(=O)NC2CCCC2)S(C)(=O)=O)cc1. The second-order valence-corrected chi connectivity index (χ2v) is 13.2. The molecule has 43 heavy (non-hydrogen) atoms. The minimum atomic E-state index is -3.58. The maximum atomic E-state index is 13.9. The maximum absolute atomic E-state index is 13.9. The van der Waals surface area contributed by atoms with Crippen molar-refractivity contribution in [2.75, 3.05) is 17.1 Å². The van der Waals surface area contributed by atoms with E-state index in [0.717, 1.165) is 49.5 Å². The van der Waals surface area contributed by atoms with Gasteiger partial charge in [-0.1, -0.05) is 74.4 Å². The van der Waals surface area contributed by atoms with Crippen LogP contribution in [0.4, 0.5) is 10.1 Å². The molecule has 0 bridgehead atoms. The number of anilines is 1. The molecule has 1 N–H and O–H groups in total. The third-order valence-electron chi connectivity index (χ3n) is 8.02. The largest absolute Gasteiger partial charge is 0.352 e. The van der Waals surface area contributed by atoms with Crippen molar-refractivity contribution in [3.8, 4) is 0 Å². The Balaban J connectivity index is 1.57. The second-order valence-electron chi connectivity index (χ2n) is 11.3. The van der Waals surface area contributed by atoms with E-state index < -0.39 is 16.1 Å². The highest BCUT2D eigenvalue weighted by molar-refractivity contribution is 7.92. The fraction of sp³-hybridized carbons (Fsp3) is 0.412. The average molecular weight is 608 g/mol. The molecule has 230 valence electrons. The lowest BCUT2D eigenvalue weighted by atomic mass is 10.0. The van der Waals surface area contributed by atoms with Gasteiger partial charge in [0.2, 0.25) is 21.8 Å². The minimum absolute atomic E-state index is 0.0439. The van der Waals surface area contributed by atoms with Crippen molar-refractivity contribution in [3.63, 3.8) is 0 Å². The van der Waals surface area contributed by atoms with Crippen LogP contribution in [-0.2, 0) is 39.0 Å². The van der Waals surface area contributed by atoms with E-state index in [4.69, 9.17) is 0 Å². The van der Waals surface area contributed by atoms with E-state index in [1.807, 2.05) is 49.4 Å². The number of carbonyl (C=O) groups excluding carboxylic acids is 2. The molecule has 0 aromatic heterocycles. The first-order valence-electron chi connectivity index (χ1n) is 15.1. The zero-order valence-corrected chi connectivity index (χ0v) is 25.9. The van der Waals surface area contributed by atoms with E-state index in [2.05, 4.69) is 5.32 Å². The van der Waals surface area contributed by atoms with E-state index >= 15 is 0 Å². The normalized spacial score (nSPS) is 14.3. The molecule has 0 spiro atoms. The van der Waals surface area contributed by atoms with E-state index in [9.17, 15) is 22.4 Å². The second kappa shape index (κ2) is 15.1. The van der Waals surface area contributed by atoms with Gasteiger partial charge in [-0.05, 0) is 66.6 Å². The number of benzene rings is 3. The monoisotopic (exact) mass is 607 g/mol. The quantitative estimate of drug-likeness (QED) is 0.257. The first kappa shape index (κ1) is 32.2. The van der Waals surface area contributed by atoms with Crippen molar-refractivity contribution in [1.82, 2.24) is 10.2 Å². The molecule has 3 aromatic rings. The number of hydrogen-bond donors (Lipinski definition) is 1. The smallest absolute Gasteiger partial charge is 0.243 e. The van der Waals surface area contributed by atoms with Gasteiger partial charge < -0.3 is 10.2 Å². The van der Waals surface area contributed by atoms with Crippen LogP contribution in [0.15, 0.2) is 78.9 Å². The lowest BCUT2D eigenvalue weighted by Crippen LogP contribution is -2.52. The van der Waals surface area contributed by atoms with Crippen LogP contribution in [-0.4, -0.2) is 50.0 Å². The number of amides is 2. The molecular weight excluding hydrogens is 565 g/mol. The van der Waals surface area contributed by atoms with E-state index in [1.165, 1.54) is 16.4 Å². The number of nitrogens with zero attached hydrogens (tertiary/aromatic N) is 2. The molecule has 1 unspecified atom stereocenters. The number of sulfonamides is 1. The Hall–Kier alpha value is -3.72. The highest BCUT2D eigenvalue weighted by Gasteiger charge is 2.32. The van der Waals surface area contributed by atoms with Crippen LogP contribution in [0.3, 0.4) is 0 Å². The topological polar surface area (TPSA) is 86.8 Å². The van der Waals surface area contributed by atoms with Gasteiger partial charge in [-0.15, -0.1) is 0 Å². The Kier molecular flexibility index (Phi) is 11.3. The molecule has 0 aliphatic heterocycles. The van der Waals surface area contributed by atoms with Crippen LogP contribution in [0.5, 0.6) is 0 Å². The highest BCUT2D eigenvalue weighted by atomic mass is 32.2. The van der Waals surface area contributed by atoms with E-state index in [1.54, 1.807) is 29.2 Å². The summed E-state index contributed by atoms with van der Waals surface area (Å²) in [6, 6.07) is 22.2. The van der Waals surface area contributed by atoms with Crippen molar-refractivity contribution < 1.29 is 22.4 Å². The van der Waals surface area contributed by atoms with Crippen LogP contribution in [0, 0.1) is 5.82 Å². The van der Waals surface area contributed by atoms with Crippen LogP contribution >= 0.6 is 0 Å². The first-order valence-corrected chi connectivity index (χ1v) is 16.9. The number of carbonyl (C=O) groups is 2. The van der Waals surface area contributed by atoms with Crippen molar-refractivity contribution in [2.45, 2.75) is 76.9 Å². The van der Waals surface area contributed by atoms with Gasteiger partial charge in [0.25, 0.3) is 0 Å². The van der Waals surface area contributed by atoms with Gasteiger partial charge in [0.1, 0.15) is 11.9 Å². The molecule has 1 atom stereocenters. The Bertz CT molecular complexity index is 1440. The van der Waals surface area contributed by atoms with E-state index in [-0.39, 0.29) is 49.6 Å². The lowest BCUT2D eigenvalue weighted by molar-refractivity contribution is -0.141. The first-order chi connectivity index (χ1) is 20.6. The van der Waals surface area contributed by atoms with Gasteiger partial charge in [0, 0.05) is 32.0 Å². The minimum Gasteiger partial charge on any atom is -0.352 e. The zero-order valence-electron chi connectivity index (χ0n) is 25.0. The summed E-state index contributed by atoms with van der Waals surface area (Å²) in [7, 11) is -3.58. The summed E-state index contributed by atoms with van der Waals surface area (Å²) in [5, 5.41) is 3.17. The summed E-state index contributed by atoms with van der Waals surface area (Å²) in [6.07, 6.45) is 6.59. The molecule has 0 radical (unpaired) electrons. The van der Waals surface area contributed by atoms with E-state index in [0.29, 0.717) is 17.7 Å². The highest BCUT2D eigenvalue weighted by Crippen LogP contribution is 2.22. The molecule has 7 nitrogen and oxygen atoms in total. The van der Waals surface area contributed by atoms with Crippen LogP contribution in [0.2, 0.25) is 0 Å². The number of nitrogens with one attached hydrogen (secondary N) is 1. The molecular formula is C34H42FN3O4S. The predicted molar refractivity (Wildman–Crippen MR) is 169 cm³/mol. The number of halogens is 1. The van der Waals surface area contributed by atoms with Crippen molar-refractivity contribution in [2.24, 2.45) is 0 Å². The maximum Gasteiger partial charge on any atom is 0.243 e. The fourth-order valence-corrected chi connectivity index (χ4v) is 6.58. The summed E-state index contributed by atoms with van der Waals surface area (Å²) in [4.78, 5) is 29.3. The Morgan fingerprint density at radius 1 is 0.907 bits per heavy atom. The molecule has 9 heteroatoms. The molecule has 1 aliphatic carbocycles. The van der Waals surface area contributed by atoms with Gasteiger partial charge >= 0.3 is 0 Å². The standard InChI is InChI=1S/C34H42FN3O4S/c1-3-26-17-21-31(22-18-26)38(43(2,41)42)23-9-14-33(39)37(25-28-15-19-29(35)20-16-28)32(24-27-10-5-4-6-11-27)34(40)36-30-12-7-8-13-30/h4-6,10-11,15-22,30,32H,3,7-9,12-14,23-25H2,1-2H3,(H,36,40). The summed E-state index contributed by atoms with van der Waals surface area (Å²) in [5.74, 6) is -0.851. The molecule has 2 amide bonds. The van der Waals surface area contributed by atoms with Crippen molar-refractivity contribution in [1.29, 1.82) is 0 Å². The average Bonchev–Trinajstić information content (AvgIpc) is 3.51. The third kappa shape index (κ3) is 9.38. The Labute approximate surface area is 255 Å². The summed E-state index contributed by atoms with van der Waals surface area (Å²) < 4.78 is 40.4. The molecule has 0 saturated heterocycles. The summed E-state index contributed by atoms with van der Waals surface area (Å²) in [5.41, 5.74) is 3.28. The summed E-state index contributed by atoms with van der Waals surface area (Å²) >= 11 is 0. The van der Waals surface area contributed by atoms with Crippen LogP contribution < -0.4 is 9.62 Å². The number of aryl methyl sites for hydroxylation is 1. The van der Waals surface area contributed by atoms with Gasteiger partial charge in [-0.3, -0.25) is 13.9 Å². The van der Waals surface area contributed by atoms with Crippen LogP contribution in [0.1, 0.15) is 62.1 Å². The molecule has 4 rings (SSSR count). The zero-order chi connectivity index (χ0) is 30.8. The Morgan fingerprint density at radius 3 is 2.14 bits per heavy atom. The number of rotatable bonds is 14. The molecule has 1 saturated carbocycles. The summed E-state index contributed by atoms with van der Waals surface area (Å²) in [6.45, 7) is 2.28. The molecule has 1 aliphatic rings. The van der Waals surface area contributed by atoms with Crippen molar-refractivity contribution >= 4 is 27.5 Å². The van der Waals surface area contributed by atoms with Gasteiger partial charge in [0.05, 0.1) is 11.9 Å². The van der Waals surface area contributed by atoms with Gasteiger partial charge in [0.15, 0.2) is 0 Å². The lowest BCUT2D eigenvalue weighted by Gasteiger charge is -2.33. The van der Waals surface area contributed by atoms with Gasteiger partial charge in [-0.2, -0.15) is 0 Å². The fourth-order valence-electron chi connectivity index (χ4n) is 5.61. The molecule has 1 fully saturated rings. The van der Waals surface area contributed by atoms with Gasteiger partial charge in [-0.25, -0.2) is 12.8 Å². The predicted octanol–water partition coefficient (Wildman–Crippen LogP) is 5.63. The van der Waals surface area contributed by atoms with Crippen molar-refractivity contribution in [3.05, 3.63) is 101 Å². The Morgan fingerprint density at radius 2 is 1.53 bits per heavy atom.